The van der Waals surface area contributed by atoms with Crippen molar-refractivity contribution in [2.24, 2.45) is 5.16 Å². The molecule has 0 aliphatic carbocycles. The van der Waals surface area contributed by atoms with Gasteiger partial charge in [0.05, 0.1) is 5.71 Å². The van der Waals surface area contributed by atoms with Crippen LogP contribution in [0.3, 0.4) is 0 Å². The third kappa shape index (κ3) is 2.65. The van der Waals surface area contributed by atoms with Crippen LogP contribution < -0.4 is 0 Å². The molecule has 3 heterocycles. The van der Waals surface area contributed by atoms with Gasteiger partial charge in [-0.25, -0.2) is 0 Å². The van der Waals surface area contributed by atoms with E-state index in [0.717, 1.165) is 16.8 Å². The molecule has 0 N–H and O–H groups in total. The lowest BCUT2D eigenvalue weighted by atomic mass is 9.97. The number of halogens is 1. The van der Waals surface area contributed by atoms with Crippen molar-refractivity contribution in [2.75, 3.05) is 0 Å². The average molecular weight is 341 g/mol. The molecule has 1 atom stereocenters. The Labute approximate surface area is 143 Å². The molecule has 0 amide bonds. The molecule has 0 saturated heterocycles. The Kier molecular flexibility index (Phi) is 3.54. The van der Waals surface area contributed by atoms with Gasteiger partial charge in [-0.05, 0) is 43.3 Å². The summed E-state index contributed by atoms with van der Waals surface area (Å²) in [4.78, 5) is 9.71. The number of hydrogen-bond donors (Lipinski definition) is 0. The highest BCUT2D eigenvalue weighted by molar-refractivity contribution is 6.30. The normalized spacial score (nSPS) is 19.8. The fourth-order valence-electron chi connectivity index (χ4n) is 2.49. The van der Waals surface area contributed by atoms with Crippen molar-refractivity contribution in [3.8, 4) is 11.5 Å². The molecule has 2 aromatic heterocycles. The van der Waals surface area contributed by atoms with Crippen LogP contribution in [-0.4, -0.2) is 20.9 Å². The Morgan fingerprint density at radius 2 is 1.92 bits per heavy atom. The molecule has 24 heavy (non-hydrogen) atoms. The minimum Gasteiger partial charge on any atom is -0.416 e. The van der Waals surface area contributed by atoms with Crippen LogP contribution in [0.1, 0.15) is 24.8 Å². The summed E-state index contributed by atoms with van der Waals surface area (Å²) in [5, 5.41) is 13.0. The van der Waals surface area contributed by atoms with Gasteiger partial charge in [0.25, 0.3) is 5.89 Å². The second kappa shape index (κ2) is 5.72. The summed E-state index contributed by atoms with van der Waals surface area (Å²) in [5.74, 6) is 0.802. The van der Waals surface area contributed by atoms with Crippen molar-refractivity contribution in [1.29, 1.82) is 0 Å². The van der Waals surface area contributed by atoms with Crippen molar-refractivity contribution in [3.63, 3.8) is 0 Å². The van der Waals surface area contributed by atoms with E-state index >= 15 is 0 Å². The minimum atomic E-state index is -0.789. The standard InChI is InChI=1S/C17H13ClN4O2/c1-17(9-14(22-24-17)12-3-2-8-19-10-12)16-21-20-15(23-16)11-4-6-13(18)7-5-11/h2-8,10H,9H2,1H3. The largest absolute Gasteiger partial charge is 0.416 e. The van der Waals surface area contributed by atoms with Gasteiger partial charge in [0.2, 0.25) is 11.5 Å². The van der Waals surface area contributed by atoms with E-state index in [1.165, 1.54) is 0 Å². The second-order valence-electron chi connectivity index (χ2n) is 5.70. The summed E-state index contributed by atoms with van der Waals surface area (Å²) in [7, 11) is 0. The molecule has 1 aromatic carbocycles. The highest BCUT2D eigenvalue weighted by atomic mass is 35.5. The van der Waals surface area contributed by atoms with Crippen LogP contribution in [0.2, 0.25) is 5.02 Å². The van der Waals surface area contributed by atoms with Gasteiger partial charge in [0.1, 0.15) is 0 Å². The quantitative estimate of drug-likeness (QED) is 0.724. The summed E-state index contributed by atoms with van der Waals surface area (Å²) in [6.45, 7) is 1.87. The highest BCUT2D eigenvalue weighted by Gasteiger charge is 2.42. The molecule has 3 aromatic rings. The zero-order valence-corrected chi connectivity index (χ0v) is 13.6. The van der Waals surface area contributed by atoms with Gasteiger partial charge < -0.3 is 9.25 Å². The molecule has 0 radical (unpaired) electrons. The van der Waals surface area contributed by atoms with Crippen LogP contribution in [0, 0.1) is 0 Å². The number of benzene rings is 1. The Balaban J connectivity index is 1.58. The number of nitrogens with zero attached hydrogens (tertiary/aromatic N) is 4. The maximum Gasteiger partial charge on any atom is 0.263 e. The zero-order chi connectivity index (χ0) is 16.6. The third-order valence-corrected chi connectivity index (χ3v) is 4.08. The SMILES string of the molecule is CC1(c2nnc(-c3ccc(Cl)cc3)o2)CC(c2cccnc2)=NO1. The summed E-state index contributed by atoms with van der Waals surface area (Å²) in [6.07, 6.45) is 4.00. The number of oxime groups is 1. The Bertz CT molecular complexity index is 892. The van der Waals surface area contributed by atoms with Gasteiger partial charge in [-0.15, -0.1) is 10.2 Å². The molecule has 1 aliphatic heterocycles. The van der Waals surface area contributed by atoms with Crippen LogP contribution in [0.5, 0.6) is 0 Å². The second-order valence-corrected chi connectivity index (χ2v) is 6.13. The zero-order valence-electron chi connectivity index (χ0n) is 12.8. The molecule has 7 heteroatoms. The monoisotopic (exact) mass is 340 g/mol. The van der Waals surface area contributed by atoms with Gasteiger partial charge in [-0.3, -0.25) is 4.98 Å². The molecule has 120 valence electrons. The van der Waals surface area contributed by atoms with Crippen molar-refractivity contribution >= 4 is 17.3 Å². The molecule has 0 bridgehead atoms. The molecule has 0 spiro atoms. The summed E-state index contributed by atoms with van der Waals surface area (Å²) >= 11 is 5.90. The Morgan fingerprint density at radius 1 is 1.08 bits per heavy atom. The number of hydrogen-bond acceptors (Lipinski definition) is 6. The van der Waals surface area contributed by atoms with E-state index in [-0.39, 0.29) is 0 Å². The smallest absolute Gasteiger partial charge is 0.263 e. The lowest BCUT2D eigenvalue weighted by Gasteiger charge is -2.15. The van der Waals surface area contributed by atoms with E-state index in [4.69, 9.17) is 20.9 Å². The van der Waals surface area contributed by atoms with Crippen LogP contribution in [0.25, 0.3) is 11.5 Å². The van der Waals surface area contributed by atoms with Gasteiger partial charge in [0, 0.05) is 35.0 Å². The summed E-state index contributed by atoms with van der Waals surface area (Å²) in [5.41, 5.74) is 1.73. The molecule has 6 nitrogen and oxygen atoms in total. The lowest BCUT2D eigenvalue weighted by molar-refractivity contribution is -0.0276. The van der Waals surface area contributed by atoms with Crippen molar-refractivity contribution < 1.29 is 9.25 Å². The van der Waals surface area contributed by atoms with Crippen LogP contribution in [-0.2, 0) is 10.4 Å². The van der Waals surface area contributed by atoms with Crippen LogP contribution >= 0.6 is 11.6 Å². The predicted octanol–water partition coefficient (Wildman–Crippen LogP) is 3.82. The maximum atomic E-state index is 5.90. The van der Waals surface area contributed by atoms with Gasteiger partial charge in [-0.1, -0.05) is 16.8 Å². The first kappa shape index (κ1) is 14.8. The topological polar surface area (TPSA) is 73.4 Å². The van der Waals surface area contributed by atoms with Crippen molar-refractivity contribution in [3.05, 3.63) is 65.3 Å². The van der Waals surface area contributed by atoms with E-state index in [2.05, 4.69) is 20.3 Å². The van der Waals surface area contributed by atoms with E-state index < -0.39 is 5.60 Å². The van der Waals surface area contributed by atoms with E-state index in [9.17, 15) is 0 Å². The molecular formula is C17H13ClN4O2. The molecular weight excluding hydrogens is 328 g/mol. The Hall–Kier alpha value is -2.73. The Morgan fingerprint density at radius 3 is 2.67 bits per heavy atom. The van der Waals surface area contributed by atoms with Gasteiger partial charge in [0.15, 0.2) is 0 Å². The molecule has 1 aliphatic rings. The first-order chi connectivity index (χ1) is 11.6. The average Bonchev–Trinajstić information content (AvgIpc) is 3.25. The third-order valence-electron chi connectivity index (χ3n) is 3.83. The fourth-order valence-corrected chi connectivity index (χ4v) is 2.61. The maximum absolute atomic E-state index is 5.90. The van der Waals surface area contributed by atoms with Crippen LogP contribution in [0.15, 0.2) is 58.4 Å². The number of aromatic nitrogens is 3. The van der Waals surface area contributed by atoms with Crippen molar-refractivity contribution in [2.45, 2.75) is 18.9 Å². The lowest BCUT2D eigenvalue weighted by Crippen LogP contribution is -2.22. The van der Waals surface area contributed by atoms with E-state index in [1.54, 1.807) is 24.5 Å². The number of rotatable bonds is 3. The molecule has 1 unspecified atom stereocenters. The molecule has 0 fully saturated rings. The van der Waals surface area contributed by atoms with Gasteiger partial charge in [-0.2, -0.15) is 0 Å². The summed E-state index contributed by atoms with van der Waals surface area (Å²) in [6, 6.07) is 11.0. The van der Waals surface area contributed by atoms with Crippen molar-refractivity contribution in [1.82, 2.24) is 15.2 Å². The molecule has 0 saturated carbocycles. The van der Waals surface area contributed by atoms with Crippen LogP contribution in [0.4, 0.5) is 0 Å². The van der Waals surface area contributed by atoms with E-state index in [1.807, 2.05) is 31.2 Å². The van der Waals surface area contributed by atoms with Gasteiger partial charge >= 0.3 is 0 Å². The minimum absolute atomic E-state index is 0.384. The first-order valence-corrected chi connectivity index (χ1v) is 7.77. The molecule has 4 rings (SSSR count). The highest BCUT2D eigenvalue weighted by Crippen LogP contribution is 2.36. The fraction of sp³-hybridized carbons (Fsp3) is 0.176. The first-order valence-electron chi connectivity index (χ1n) is 7.39. The number of pyridine rings is 1. The predicted molar refractivity (Wildman–Crippen MR) is 88.6 cm³/mol. The summed E-state index contributed by atoms with van der Waals surface area (Å²) < 4.78 is 5.80. The van der Waals surface area contributed by atoms with E-state index in [0.29, 0.717) is 23.2 Å².